The summed E-state index contributed by atoms with van der Waals surface area (Å²) in [5.41, 5.74) is 5.07. The molecular weight excluding hydrogens is 441 g/mol. The summed E-state index contributed by atoms with van der Waals surface area (Å²) in [6, 6.07) is 15.5. The number of anilines is 2. The second-order valence-electron chi connectivity index (χ2n) is 7.00. The van der Waals surface area contributed by atoms with Gasteiger partial charge >= 0.3 is 0 Å². The Hall–Kier alpha value is -2.94. The number of carbonyl (C=O) groups excluding carboxylic acids is 1. The van der Waals surface area contributed by atoms with Crippen LogP contribution in [0.5, 0.6) is 0 Å². The first-order valence-electron chi connectivity index (χ1n) is 9.57. The molecule has 3 aromatic rings. The van der Waals surface area contributed by atoms with Gasteiger partial charge in [-0.05, 0) is 53.9 Å². The lowest BCUT2D eigenvalue weighted by molar-refractivity contribution is 0.102. The first-order chi connectivity index (χ1) is 14.8. The van der Waals surface area contributed by atoms with Gasteiger partial charge in [-0.15, -0.1) is 0 Å². The maximum atomic E-state index is 14.0. The number of carbonyl (C=O) groups is 1. The van der Waals surface area contributed by atoms with E-state index in [0.717, 1.165) is 28.0 Å². The highest BCUT2D eigenvalue weighted by Crippen LogP contribution is 2.33. The highest BCUT2D eigenvalue weighted by molar-refractivity contribution is 7.92. The first kappa shape index (κ1) is 21.3. The number of fused-ring (bicyclic) bond motifs is 1. The summed E-state index contributed by atoms with van der Waals surface area (Å²) in [6.07, 6.45) is 0.806. The molecule has 0 aliphatic carbocycles. The van der Waals surface area contributed by atoms with Gasteiger partial charge in [-0.25, -0.2) is 9.82 Å². The van der Waals surface area contributed by atoms with Gasteiger partial charge in [-0.1, -0.05) is 42.8 Å². The number of amides is 1. The minimum Gasteiger partial charge on any atom is -0.322 e. The van der Waals surface area contributed by atoms with Gasteiger partial charge in [-0.3, -0.25) is 4.79 Å². The summed E-state index contributed by atoms with van der Waals surface area (Å²) in [5.74, 6) is -1.47. The van der Waals surface area contributed by atoms with Crippen LogP contribution in [0, 0.1) is 5.82 Å². The molecule has 0 atom stereocenters. The van der Waals surface area contributed by atoms with Crippen LogP contribution in [0.25, 0.3) is 0 Å². The van der Waals surface area contributed by atoms with E-state index in [1.807, 2.05) is 6.92 Å². The molecule has 0 bridgehead atoms. The van der Waals surface area contributed by atoms with E-state index in [0.29, 0.717) is 17.9 Å². The predicted molar refractivity (Wildman–Crippen MR) is 118 cm³/mol. The van der Waals surface area contributed by atoms with Crippen LogP contribution in [0.3, 0.4) is 0 Å². The number of halogens is 2. The zero-order chi connectivity index (χ0) is 22.2. The summed E-state index contributed by atoms with van der Waals surface area (Å²) >= 11 is 5.96. The molecule has 0 spiro atoms. The zero-order valence-corrected chi connectivity index (χ0v) is 18.1. The van der Waals surface area contributed by atoms with Crippen LogP contribution >= 0.6 is 11.6 Å². The SMILES string of the molecule is CCc1ccc(S(=O)(=O)N2NCc3ccc(NC(=O)c4c(F)cccc4Cl)cc32)cc1. The van der Waals surface area contributed by atoms with E-state index in [4.69, 9.17) is 11.6 Å². The van der Waals surface area contributed by atoms with Crippen LogP contribution in [-0.2, 0) is 23.0 Å². The summed E-state index contributed by atoms with van der Waals surface area (Å²) < 4.78 is 41.4. The number of hydrogen-bond acceptors (Lipinski definition) is 4. The molecule has 0 aromatic heterocycles. The lowest BCUT2D eigenvalue weighted by Gasteiger charge is -2.20. The van der Waals surface area contributed by atoms with Crippen molar-refractivity contribution >= 4 is 38.9 Å². The van der Waals surface area contributed by atoms with Crippen molar-refractivity contribution in [2.45, 2.75) is 24.8 Å². The smallest absolute Gasteiger partial charge is 0.277 e. The highest BCUT2D eigenvalue weighted by atomic mass is 35.5. The average molecular weight is 460 g/mol. The zero-order valence-electron chi connectivity index (χ0n) is 16.5. The molecule has 1 heterocycles. The topological polar surface area (TPSA) is 78.5 Å². The molecule has 0 radical (unpaired) electrons. The molecule has 4 rings (SSSR count). The fourth-order valence-electron chi connectivity index (χ4n) is 3.35. The summed E-state index contributed by atoms with van der Waals surface area (Å²) in [6.45, 7) is 2.31. The molecule has 31 heavy (non-hydrogen) atoms. The molecule has 0 fully saturated rings. The number of hydrogen-bond donors (Lipinski definition) is 2. The maximum Gasteiger partial charge on any atom is 0.277 e. The third-order valence-corrected chi connectivity index (χ3v) is 7.02. The summed E-state index contributed by atoms with van der Waals surface area (Å²) in [5, 5.41) is 2.57. The van der Waals surface area contributed by atoms with E-state index < -0.39 is 21.7 Å². The minimum atomic E-state index is -3.86. The van der Waals surface area contributed by atoms with E-state index in [1.54, 1.807) is 36.4 Å². The second-order valence-corrected chi connectivity index (χ2v) is 9.19. The number of aryl methyl sites for hydroxylation is 1. The predicted octanol–water partition coefficient (Wildman–Crippen LogP) is 4.51. The number of hydrazine groups is 1. The van der Waals surface area contributed by atoms with Crippen LogP contribution in [0.4, 0.5) is 15.8 Å². The Kier molecular flexibility index (Phi) is 5.70. The van der Waals surface area contributed by atoms with Gasteiger partial charge in [-0.2, -0.15) is 12.8 Å². The fraction of sp³-hybridized carbons (Fsp3) is 0.136. The molecule has 1 amide bonds. The third kappa shape index (κ3) is 4.01. The van der Waals surface area contributed by atoms with E-state index >= 15 is 0 Å². The van der Waals surface area contributed by atoms with Gasteiger partial charge in [0.1, 0.15) is 5.82 Å². The molecule has 2 N–H and O–H groups in total. The number of benzene rings is 3. The molecule has 160 valence electrons. The normalized spacial score (nSPS) is 13.2. The lowest BCUT2D eigenvalue weighted by atomic mass is 10.1. The van der Waals surface area contributed by atoms with E-state index in [2.05, 4.69) is 10.7 Å². The number of sulfonamides is 1. The molecular formula is C22H19ClFN3O3S. The Balaban J connectivity index is 1.64. The largest absolute Gasteiger partial charge is 0.322 e. The standard InChI is InChI=1S/C22H19ClFN3O3S/c1-2-14-6-10-17(11-7-14)31(29,30)27-20-12-16(9-8-15(20)13-25-27)26-22(28)21-18(23)4-3-5-19(21)24/h3-12,25H,2,13H2,1H3,(H,26,28). The van der Waals surface area contributed by atoms with Gasteiger partial charge in [0.15, 0.2) is 0 Å². The summed E-state index contributed by atoms with van der Waals surface area (Å²) in [7, 11) is -3.86. The molecule has 6 nitrogen and oxygen atoms in total. The average Bonchev–Trinajstić information content (AvgIpc) is 3.18. The summed E-state index contributed by atoms with van der Waals surface area (Å²) in [4.78, 5) is 12.7. The van der Waals surface area contributed by atoms with Crippen molar-refractivity contribution in [2.24, 2.45) is 0 Å². The molecule has 0 saturated heterocycles. The molecule has 1 aliphatic rings. The minimum absolute atomic E-state index is 0.0138. The first-order valence-corrected chi connectivity index (χ1v) is 11.4. The van der Waals surface area contributed by atoms with Crippen molar-refractivity contribution in [1.82, 2.24) is 5.43 Å². The van der Waals surface area contributed by atoms with Crippen LogP contribution in [0.1, 0.15) is 28.4 Å². The van der Waals surface area contributed by atoms with E-state index in [9.17, 15) is 17.6 Å². The number of nitrogens with zero attached hydrogens (tertiary/aromatic N) is 1. The Bertz CT molecular complexity index is 1240. The Morgan fingerprint density at radius 3 is 2.58 bits per heavy atom. The number of rotatable bonds is 5. The van der Waals surface area contributed by atoms with Gasteiger partial charge in [0, 0.05) is 12.2 Å². The maximum absolute atomic E-state index is 14.0. The molecule has 0 unspecified atom stereocenters. The van der Waals surface area contributed by atoms with Crippen LogP contribution < -0.4 is 15.2 Å². The molecule has 1 aliphatic heterocycles. The molecule has 9 heteroatoms. The van der Waals surface area contributed by atoms with Crippen molar-refractivity contribution in [1.29, 1.82) is 0 Å². The lowest BCUT2D eigenvalue weighted by Crippen LogP contribution is -2.38. The molecule has 3 aromatic carbocycles. The fourth-order valence-corrected chi connectivity index (χ4v) is 4.95. The van der Waals surface area contributed by atoms with Gasteiger partial charge in [0.2, 0.25) is 0 Å². The van der Waals surface area contributed by atoms with Crippen molar-refractivity contribution < 1.29 is 17.6 Å². The number of nitrogens with one attached hydrogen (secondary N) is 2. The Labute approximate surface area is 184 Å². The quantitative estimate of drug-likeness (QED) is 0.588. The van der Waals surface area contributed by atoms with Crippen molar-refractivity contribution in [3.63, 3.8) is 0 Å². The Morgan fingerprint density at radius 2 is 1.90 bits per heavy atom. The van der Waals surface area contributed by atoms with Gasteiger partial charge in [0.05, 0.1) is 21.2 Å². The third-order valence-electron chi connectivity index (χ3n) is 5.03. The van der Waals surface area contributed by atoms with E-state index in [-0.39, 0.29) is 15.5 Å². The van der Waals surface area contributed by atoms with Crippen LogP contribution in [0.15, 0.2) is 65.6 Å². The Morgan fingerprint density at radius 1 is 1.16 bits per heavy atom. The van der Waals surface area contributed by atoms with Gasteiger partial charge < -0.3 is 5.32 Å². The van der Waals surface area contributed by atoms with E-state index in [1.165, 1.54) is 18.2 Å². The second kappa shape index (κ2) is 8.30. The van der Waals surface area contributed by atoms with Crippen LogP contribution in [0.2, 0.25) is 5.02 Å². The monoisotopic (exact) mass is 459 g/mol. The van der Waals surface area contributed by atoms with Crippen molar-refractivity contribution in [3.05, 3.63) is 88.2 Å². The van der Waals surface area contributed by atoms with Crippen molar-refractivity contribution in [2.75, 3.05) is 9.73 Å². The van der Waals surface area contributed by atoms with Crippen molar-refractivity contribution in [3.8, 4) is 0 Å². The van der Waals surface area contributed by atoms with Gasteiger partial charge in [0.25, 0.3) is 15.9 Å². The molecule has 0 saturated carbocycles. The van der Waals surface area contributed by atoms with Crippen LogP contribution in [-0.4, -0.2) is 14.3 Å². The highest BCUT2D eigenvalue weighted by Gasteiger charge is 2.31.